The van der Waals surface area contributed by atoms with Gasteiger partial charge in [-0.25, -0.2) is 9.98 Å². The normalized spacial score (nSPS) is 12.2. The van der Waals surface area contributed by atoms with Gasteiger partial charge in [-0.15, -0.1) is 0 Å². The molecule has 2 nitrogen and oxygen atoms in total. The number of nitrogens with zero attached hydrogens (tertiary/aromatic N) is 2. The van der Waals surface area contributed by atoms with E-state index < -0.39 is 0 Å². The number of rotatable bonds is 14. The van der Waals surface area contributed by atoms with Crippen molar-refractivity contribution in [1.29, 1.82) is 0 Å². The summed E-state index contributed by atoms with van der Waals surface area (Å²) in [6.07, 6.45) is 17.9. The zero-order valence-corrected chi connectivity index (χ0v) is 14.2. The van der Waals surface area contributed by atoms with Gasteiger partial charge in [0.2, 0.25) is 0 Å². The summed E-state index contributed by atoms with van der Waals surface area (Å²) in [7, 11) is 0. The van der Waals surface area contributed by atoms with Crippen molar-refractivity contribution >= 4 is 12.1 Å². The summed E-state index contributed by atoms with van der Waals surface area (Å²) in [6.45, 7) is 12.0. The van der Waals surface area contributed by atoms with E-state index in [4.69, 9.17) is 0 Å². The maximum absolute atomic E-state index is 4.47. The van der Waals surface area contributed by atoms with Gasteiger partial charge in [0.15, 0.2) is 0 Å². The number of hydrogen-bond donors (Lipinski definition) is 0. The summed E-state index contributed by atoms with van der Waals surface area (Å²) >= 11 is 0. The highest BCUT2D eigenvalue weighted by Gasteiger charge is 2.13. The van der Waals surface area contributed by atoms with Crippen LogP contribution in [0.4, 0.5) is 0 Å². The number of aliphatic imine (C=N–C) groups is 2. The lowest BCUT2D eigenvalue weighted by atomic mass is 9.90. The first-order valence-electron chi connectivity index (χ1n) is 8.62. The highest BCUT2D eigenvalue weighted by atomic mass is 14.8. The molecule has 0 fully saturated rings. The summed E-state index contributed by atoms with van der Waals surface area (Å²) in [6, 6.07) is 0. The van der Waals surface area contributed by atoms with Gasteiger partial charge in [-0.1, -0.05) is 78.4 Å². The minimum Gasteiger partial charge on any atom is -0.245 e. The number of unbranched alkanes of at least 4 members (excludes halogenated alkanes) is 6. The van der Waals surface area contributed by atoms with E-state index in [0.717, 1.165) is 5.71 Å². The monoisotopic (exact) mass is 290 g/mol. The molecule has 0 spiro atoms. The fourth-order valence-electron chi connectivity index (χ4n) is 2.55. The Kier molecular flexibility index (Phi) is 14.4. The van der Waals surface area contributed by atoms with Crippen LogP contribution in [0.3, 0.4) is 0 Å². The molecule has 0 unspecified atom stereocenters. The molecule has 0 radical (unpaired) electrons. The van der Waals surface area contributed by atoms with Crippen molar-refractivity contribution < 1.29 is 0 Å². The molecule has 2 heteroatoms. The minimum absolute atomic E-state index is 0.535. The fraction of sp³-hybridized carbons (Fsp3) is 0.684. The Hall–Kier alpha value is -1.18. The van der Waals surface area contributed by atoms with E-state index in [1.165, 1.54) is 70.4 Å². The zero-order chi connectivity index (χ0) is 15.8. The van der Waals surface area contributed by atoms with Crippen LogP contribution in [0, 0.1) is 5.92 Å². The Morgan fingerprint density at radius 1 is 0.905 bits per heavy atom. The quantitative estimate of drug-likeness (QED) is 0.202. The van der Waals surface area contributed by atoms with Crippen molar-refractivity contribution in [3.05, 3.63) is 25.4 Å². The standard InChI is InChI=1S/C19H34N2/c1-5-9-11-13-15-18(16-14-12-10-6-2)19(7-3)21-17-20-8-4/h7-8,17-18H,3-6,9-16H2,1-2H3/b20-17-,21-19+. The summed E-state index contributed by atoms with van der Waals surface area (Å²) in [5, 5.41) is 0. The molecule has 0 aliphatic heterocycles. The van der Waals surface area contributed by atoms with Crippen LogP contribution in [0.5, 0.6) is 0 Å². The molecule has 0 atom stereocenters. The maximum Gasteiger partial charge on any atom is 0.115 e. The molecule has 0 saturated heterocycles. The molecule has 120 valence electrons. The van der Waals surface area contributed by atoms with Crippen LogP contribution in [0.2, 0.25) is 0 Å². The summed E-state index contributed by atoms with van der Waals surface area (Å²) in [4.78, 5) is 8.43. The van der Waals surface area contributed by atoms with E-state index in [9.17, 15) is 0 Å². The van der Waals surface area contributed by atoms with E-state index >= 15 is 0 Å². The Morgan fingerprint density at radius 3 is 1.90 bits per heavy atom. The van der Waals surface area contributed by atoms with E-state index in [2.05, 4.69) is 37.0 Å². The van der Waals surface area contributed by atoms with Gasteiger partial charge in [0.1, 0.15) is 6.34 Å². The SMILES string of the molecule is C=C/N=C\N=C(/C=C)C(CCCCCC)CCCCCC. The molecule has 0 aromatic heterocycles. The Balaban J connectivity index is 4.49. The van der Waals surface area contributed by atoms with E-state index in [1.54, 1.807) is 6.34 Å². The van der Waals surface area contributed by atoms with E-state index in [-0.39, 0.29) is 0 Å². The molecule has 0 aliphatic carbocycles. The predicted octanol–water partition coefficient (Wildman–Crippen LogP) is 6.34. The van der Waals surface area contributed by atoms with Crippen molar-refractivity contribution in [2.75, 3.05) is 0 Å². The highest BCUT2D eigenvalue weighted by Crippen LogP contribution is 2.20. The zero-order valence-electron chi connectivity index (χ0n) is 14.2. The average Bonchev–Trinajstić information content (AvgIpc) is 2.50. The molecule has 0 aromatic rings. The first-order valence-corrected chi connectivity index (χ1v) is 8.62. The molecule has 0 bridgehead atoms. The van der Waals surface area contributed by atoms with Gasteiger partial charge in [0.25, 0.3) is 0 Å². The second kappa shape index (κ2) is 15.2. The lowest BCUT2D eigenvalue weighted by molar-refractivity contribution is 0.495. The van der Waals surface area contributed by atoms with Crippen molar-refractivity contribution in [3.8, 4) is 0 Å². The Bertz CT molecular complexity index is 304. The topological polar surface area (TPSA) is 24.7 Å². The molecule has 0 amide bonds. The fourth-order valence-corrected chi connectivity index (χ4v) is 2.55. The predicted molar refractivity (Wildman–Crippen MR) is 97.3 cm³/mol. The molecule has 0 saturated carbocycles. The average molecular weight is 290 g/mol. The van der Waals surface area contributed by atoms with Crippen LogP contribution in [-0.4, -0.2) is 12.1 Å². The minimum atomic E-state index is 0.535. The largest absolute Gasteiger partial charge is 0.245 e. The van der Waals surface area contributed by atoms with Crippen LogP contribution in [-0.2, 0) is 0 Å². The van der Waals surface area contributed by atoms with Gasteiger partial charge in [0.05, 0.1) is 0 Å². The lowest BCUT2D eigenvalue weighted by Gasteiger charge is -2.16. The van der Waals surface area contributed by atoms with Gasteiger partial charge >= 0.3 is 0 Å². The van der Waals surface area contributed by atoms with Crippen LogP contribution in [0.25, 0.3) is 0 Å². The maximum atomic E-state index is 4.47. The van der Waals surface area contributed by atoms with Gasteiger partial charge in [-0.3, -0.25) is 0 Å². The van der Waals surface area contributed by atoms with Gasteiger partial charge < -0.3 is 0 Å². The van der Waals surface area contributed by atoms with E-state index in [0.29, 0.717) is 5.92 Å². The van der Waals surface area contributed by atoms with E-state index in [1.807, 2.05) is 6.08 Å². The van der Waals surface area contributed by atoms with Crippen molar-refractivity contribution in [2.24, 2.45) is 15.9 Å². The molecular formula is C19H34N2. The molecule has 0 aliphatic rings. The van der Waals surface area contributed by atoms with Gasteiger partial charge in [0, 0.05) is 17.8 Å². The molecule has 0 heterocycles. The third-order valence-corrected chi connectivity index (χ3v) is 3.82. The number of hydrogen-bond acceptors (Lipinski definition) is 1. The summed E-state index contributed by atoms with van der Waals surface area (Å²) in [5.41, 5.74) is 1.09. The highest BCUT2D eigenvalue weighted by molar-refractivity contribution is 6.00. The third kappa shape index (κ3) is 11.2. The second-order valence-corrected chi connectivity index (χ2v) is 5.60. The first kappa shape index (κ1) is 19.8. The van der Waals surface area contributed by atoms with Crippen LogP contribution in [0.15, 0.2) is 35.4 Å². The summed E-state index contributed by atoms with van der Waals surface area (Å²) < 4.78 is 0. The molecular weight excluding hydrogens is 256 g/mol. The number of allylic oxidation sites excluding steroid dienone is 1. The molecule has 0 aromatic carbocycles. The van der Waals surface area contributed by atoms with Gasteiger partial charge in [-0.05, 0) is 18.9 Å². The first-order chi connectivity index (χ1) is 10.3. The van der Waals surface area contributed by atoms with Crippen LogP contribution < -0.4 is 0 Å². The molecule has 21 heavy (non-hydrogen) atoms. The third-order valence-electron chi connectivity index (χ3n) is 3.82. The smallest absolute Gasteiger partial charge is 0.115 e. The molecule has 0 rings (SSSR count). The second-order valence-electron chi connectivity index (χ2n) is 5.60. The van der Waals surface area contributed by atoms with Crippen molar-refractivity contribution in [3.63, 3.8) is 0 Å². The van der Waals surface area contributed by atoms with Crippen LogP contribution in [0.1, 0.15) is 78.1 Å². The van der Waals surface area contributed by atoms with Crippen molar-refractivity contribution in [2.45, 2.75) is 78.1 Å². The van der Waals surface area contributed by atoms with Gasteiger partial charge in [-0.2, -0.15) is 0 Å². The Labute approximate surface area is 132 Å². The summed E-state index contributed by atoms with van der Waals surface area (Å²) in [5.74, 6) is 0.535. The lowest BCUT2D eigenvalue weighted by Crippen LogP contribution is -2.13. The van der Waals surface area contributed by atoms with Crippen LogP contribution >= 0.6 is 0 Å². The molecule has 0 N–H and O–H groups in total. The Morgan fingerprint density at radius 2 is 1.48 bits per heavy atom. The van der Waals surface area contributed by atoms with Crippen molar-refractivity contribution in [1.82, 2.24) is 0 Å².